The lowest BCUT2D eigenvalue weighted by Crippen LogP contribution is -3.29. The summed E-state index contributed by atoms with van der Waals surface area (Å²) in [6.07, 6.45) is 7.37. The molecule has 6 rings (SSSR count). The average molecular weight is 433 g/mol. The van der Waals surface area contributed by atoms with Gasteiger partial charge >= 0.3 is 6.03 Å². The number of hydrogen-bond donors (Lipinski definition) is 4. The molecular weight excluding hydrogens is 396 g/mol. The molecule has 30 heavy (non-hydrogen) atoms. The minimum Gasteiger partial charge on any atom is -0.332 e. The van der Waals surface area contributed by atoms with Crippen LogP contribution in [0.15, 0.2) is 17.5 Å². The third-order valence-corrected chi connectivity index (χ3v) is 9.14. The fraction of sp³-hybridized carbons (Fsp3) is 0.739. The molecule has 5 aliphatic rings. The molecule has 3 amide bonds. The Labute approximate surface area is 183 Å². The molecule has 1 aromatic heterocycles. The second kappa shape index (κ2) is 8.24. The average Bonchev–Trinajstić information content (AvgIpc) is 3.19. The van der Waals surface area contributed by atoms with Gasteiger partial charge in [0.05, 0.1) is 4.88 Å². The molecule has 0 unspecified atom stereocenters. The molecule has 4 bridgehead atoms. The first kappa shape index (κ1) is 20.5. The molecule has 0 radical (unpaired) electrons. The minimum atomic E-state index is -0.268. The third kappa shape index (κ3) is 4.30. The maximum Gasteiger partial charge on any atom is 0.322 e. The van der Waals surface area contributed by atoms with Gasteiger partial charge in [-0.05, 0) is 74.6 Å². The summed E-state index contributed by atoms with van der Waals surface area (Å²) in [5.74, 6) is 2.21. The predicted octanol–water partition coefficient (Wildman–Crippen LogP) is 0.215. The highest BCUT2D eigenvalue weighted by Gasteiger charge is 2.51. The van der Waals surface area contributed by atoms with Gasteiger partial charge in [-0.2, -0.15) is 0 Å². The second-order valence-electron chi connectivity index (χ2n) is 10.5. The van der Waals surface area contributed by atoms with Crippen LogP contribution in [0, 0.1) is 17.8 Å². The molecule has 4 N–H and O–H groups in total. The standard InChI is InChI=1S/C23H34N4O2S/c1-16(27-6-4-26(5-7-27)15-20-3-2-8-30-20)21(28)24-22(29)25-23-12-17-9-18(13-23)11-19(10-17)14-23/h2-3,8,16-19H,4-7,9-15H2,1H3,(H2,24,25,28,29)/p+2/t16-,17?,18?,19?,23?/m1/s1. The molecular formula is C23H36N4O2S+2. The Kier molecular flexibility index (Phi) is 5.62. The number of urea groups is 1. The van der Waals surface area contributed by atoms with Crippen LogP contribution in [0.2, 0.25) is 0 Å². The monoisotopic (exact) mass is 432 g/mol. The molecule has 1 atom stereocenters. The molecule has 4 aliphatic carbocycles. The van der Waals surface area contributed by atoms with E-state index in [1.165, 1.54) is 29.0 Å². The molecule has 164 valence electrons. The first-order chi connectivity index (χ1) is 14.5. The van der Waals surface area contributed by atoms with Gasteiger partial charge in [0.1, 0.15) is 32.7 Å². The van der Waals surface area contributed by atoms with Crippen molar-refractivity contribution in [1.29, 1.82) is 0 Å². The van der Waals surface area contributed by atoms with Gasteiger partial charge in [-0.25, -0.2) is 4.79 Å². The summed E-state index contributed by atoms with van der Waals surface area (Å²) in [4.78, 5) is 29.8. The van der Waals surface area contributed by atoms with Crippen molar-refractivity contribution in [1.82, 2.24) is 10.6 Å². The smallest absolute Gasteiger partial charge is 0.322 e. The Bertz CT molecular complexity index is 737. The Morgan fingerprint density at radius 3 is 2.30 bits per heavy atom. The SMILES string of the molecule is C[C@H](C(=O)NC(=O)NC12CC3CC(CC(C3)C1)C2)[NH+]1CC[NH+](Cc2cccs2)CC1. The third-order valence-electron chi connectivity index (χ3n) is 8.26. The van der Waals surface area contributed by atoms with Crippen LogP contribution in [0.25, 0.3) is 0 Å². The van der Waals surface area contributed by atoms with Gasteiger partial charge in [-0.15, -0.1) is 11.3 Å². The molecule has 0 aromatic carbocycles. The minimum absolute atomic E-state index is 0.0496. The van der Waals surface area contributed by atoms with E-state index in [1.54, 1.807) is 4.90 Å². The van der Waals surface area contributed by atoms with Gasteiger partial charge in [0.15, 0.2) is 6.04 Å². The second-order valence-corrected chi connectivity index (χ2v) is 11.6. The maximum absolute atomic E-state index is 12.8. The molecule has 7 heteroatoms. The van der Waals surface area contributed by atoms with E-state index in [2.05, 4.69) is 28.1 Å². The van der Waals surface area contributed by atoms with Gasteiger partial charge in [-0.1, -0.05) is 6.07 Å². The van der Waals surface area contributed by atoms with Crippen molar-refractivity contribution in [2.75, 3.05) is 26.2 Å². The van der Waals surface area contributed by atoms with Crippen molar-refractivity contribution in [3.8, 4) is 0 Å². The van der Waals surface area contributed by atoms with E-state index in [1.807, 2.05) is 18.3 Å². The van der Waals surface area contributed by atoms with Crippen molar-refractivity contribution < 1.29 is 19.4 Å². The van der Waals surface area contributed by atoms with Gasteiger partial charge in [0, 0.05) is 5.54 Å². The van der Waals surface area contributed by atoms with Gasteiger partial charge in [0.25, 0.3) is 5.91 Å². The summed E-state index contributed by atoms with van der Waals surface area (Å²) in [6, 6.07) is 3.86. The van der Waals surface area contributed by atoms with Crippen LogP contribution in [0.5, 0.6) is 0 Å². The number of quaternary nitrogens is 2. The van der Waals surface area contributed by atoms with E-state index in [9.17, 15) is 9.59 Å². The van der Waals surface area contributed by atoms with E-state index in [4.69, 9.17) is 0 Å². The summed E-state index contributed by atoms with van der Waals surface area (Å²) in [5.41, 5.74) is -0.0496. The molecule has 2 heterocycles. The van der Waals surface area contributed by atoms with Crippen LogP contribution in [-0.4, -0.2) is 49.7 Å². The van der Waals surface area contributed by atoms with Crippen LogP contribution >= 0.6 is 11.3 Å². The number of thiophene rings is 1. The van der Waals surface area contributed by atoms with Crippen LogP contribution in [0.4, 0.5) is 4.79 Å². The van der Waals surface area contributed by atoms with Crippen molar-refractivity contribution >= 4 is 23.3 Å². The summed E-state index contributed by atoms with van der Waals surface area (Å²) in [5, 5.41) is 8.08. The highest BCUT2D eigenvalue weighted by atomic mass is 32.1. The number of rotatable bonds is 5. The highest BCUT2D eigenvalue weighted by Crippen LogP contribution is 2.55. The number of carbonyl (C=O) groups is 2. The summed E-state index contributed by atoms with van der Waals surface area (Å²) < 4.78 is 0. The zero-order chi connectivity index (χ0) is 20.7. The van der Waals surface area contributed by atoms with E-state index >= 15 is 0 Å². The van der Waals surface area contributed by atoms with E-state index < -0.39 is 0 Å². The van der Waals surface area contributed by atoms with E-state index in [0.717, 1.165) is 69.7 Å². The lowest BCUT2D eigenvalue weighted by atomic mass is 9.53. The first-order valence-corrected chi connectivity index (χ1v) is 12.7. The van der Waals surface area contributed by atoms with Crippen molar-refractivity contribution in [3.63, 3.8) is 0 Å². The topological polar surface area (TPSA) is 67.1 Å². The van der Waals surface area contributed by atoms with Crippen LogP contribution < -0.4 is 20.4 Å². The lowest BCUT2D eigenvalue weighted by Gasteiger charge is -2.56. The number of imide groups is 1. The fourth-order valence-corrected chi connectivity index (χ4v) is 7.91. The van der Waals surface area contributed by atoms with Crippen LogP contribution in [0.1, 0.15) is 50.3 Å². The van der Waals surface area contributed by atoms with Gasteiger partial charge in [-0.3, -0.25) is 10.1 Å². The molecule has 1 aliphatic heterocycles. The summed E-state index contributed by atoms with van der Waals surface area (Å²) in [7, 11) is 0. The number of piperazine rings is 1. The summed E-state index contributed by atoms with van der Waals surface area (Å²) >= 11 is 1.82. The Morgan fingerprint density at radius 1 is 1.10 bits per heavy atom. The highest BCUT2D eigenvalue weighted by molar-refractivity contribution is 7.09. The van der Waals surface area contributed by atoms with Crippen molar-refractivity contribution in [2.24, 2.45) is 17.8 Å². The Balaban J connectivity index is 1.09. The maximum atomic E-state index is 12.8. The zero-order valence-electron chi connectivity index (χ0n) is 18.0. The van der Waals surface area contributed by atoms with Crippen LogP contribution in [0.3, 0.4) is 0 Å². The predicted molar refractivity (Wildman–Crippen MR) is 116 cm³/mol. The van der Waals surface area contributed by atoms with E-state index in [0.29, 0.717) is 0 Å². The normalized spacial score (nSPS) is 38.2. The number of carbonyl (C=O) groups excluding carboxylic acids is 2. The first-order valence-electron chi connectivity index (χ1n) is 11.8. The van der Waals surface area contributed by atoms with Crippen molar-refractivity contribution in [3.05, 3.63) is 22.4 Å². The molecule has 5 fully saturated rings. The molecule has 0 spiro atoms. The number of hydrogen-bond acceptors (Lipinski definition) is 3. The number of nitrogens with one attached hydrogen (secondary N) is 4. The van der Waals surface area contributed by atoms with Crippen molar-refractivity contribution in [2.45, 2.75) is 63.6 Å². The quantitative estimate of drug-likeness (QED) is 0.538. The molecule has 1 aromatic rings. The van der Waals surface area contributed by atoms with E-state index in [-0.39, 0.29) is 23.5 Å². The Hall–Kier alpha value is -1.44. The Morgan fingerprint density at radius 2 is 1.73 bits per heavy atom. The zero-order valence-corrected chi connectivity index (χ0v) is 18.9. The van der Waals surface area contributed by atoms with Crippen LogP contribution in [-0.2, 0) is 11.3 Å². The molecule has 4 saturated carbocycles. The molecule has 6 nitrogen and oxygen atoms in total. The fourth-order valence-electron chi connectivity index (χ4n) is 7.14. The number of amides is 3. The molecule has 1 saturated heterocycles. The summed E-state index contributed by atoms with van der Waals surface area (Å²) in [6.45, 7) is 7.15. The largest absolute Gasteiger partial charge is 0.332 e. The lowest BCUT2D eigenvalue weighted by molar-refractivity contribution is -1.02. The van der Waals surface area contributed by atoms with Gasteiger partial charge < -0.3 is 15.1 Å². The van der Waals surface area contributed by atoms with Gasteiger partial charge in [0.2, 0.25) is 0 Å².